The van der Waals surface area contributed by atoms with E-state index in [1.165, 1.54) is 28.8 Å². The van der Waals surface area contributed by atoms with E-state index in [1.807, 2.05) is 25.1 Å². The maximum absolute atomic E-state index is 13.8. The molecule has 1 saturated heterocycles. The van der Waals surface area contributed by atoms with Crippen molar-refractivity contribution in [3.63, 3.8) is 0 Å². The number of phenolic OH excluding ortho intramolecular Hbond substituents is 2. The van der Waals surface area contributed by atoms with E-state index in [1.54, 1.807) is 55.3 Å². The van der Waals surface area contributed by atoms with Crippen LogP contribution < -0.4 is 14.5 Å². The Balaban J connectivity index is 1.62. The van der Waals surface area contributed by atoms with Gasteiger partial charge >= 0.3 is 0 Å². The smallest absolute Gasteiger partial charge is 0.274 e. The lowest BCUT2D eigenvalue weighted by atomic mass is 10.2. The maximum atomic E-state index is 13.8. The molecule has 2 N–H and O–H groups in total. The highest BCUT2D eigenvalue weighted by atomic mass is 32.2. The van der Waals surface area contributed by atoms with Gasteiger partial charge in [-0.25, -0.2) is 4.99 Å². The molecule has 0 atom stereocenters. The summed E-state index contributed by atoms with van der Waals surface area (Å²) >= 11 is 2.84. The summed E-state index contributed by atoms with van der Waals surface area (Å²) in [5.41, 5.74) is 2.12. The highest BCUT2D eigenvalue weighted by molar-refractivity contribution is 8.20. The largest absolute Gasteiger partial charge is 0.508 e. The van der Waals surface area contributed by atoms with Crippen LogP contribution in [0, 0.1) is 0 Å². The molecule has 0 radical (unpaired) electrons. The average Bonchev–Trinajstić information content (AvgIpc) is 3.36. The molecule has 0 saturated carbocycles. The lowest BCUT2D eigenvalue weighted by Gasteiger charge is -2.19. The number of carbonyl (C=O) groups excluding carboxylic acids is 1. The Morgan fingerprint density at radius 1 is 0.971 bits per heavy atom. The number of amides is 1. The van der Waals surface area contributed by atoms with Crippen LogP contribution in [0.5, 0.6) is 17.2 Å². The molecule has 2 aliphatic heterocycles. The Kier molecular flexibility index (Phi) is 5.89. The number of rotatable bonds is 4. The number of benzene rings is 3. The molecule has 3 aromatic rings. The average molecular weight is 492 g/mol. The molecule has 172 valence electrons. The van der Waals surface area contributed by atoms with Gasteiger partial charge in [-0.1, -0.05) is 17.8 Å². The van der Waals surface area contributed by atoms with Gasteiger partial charge in [0, 0.05) is 23.6 Å². The Hall–Kier alpha value is -3.56. The van der Waals surface area contributed by atoms with Crippen LogP contribution in [0.1, 0.15) is 6.92 Å². The molecule has 5 rings (SSSR count). The van der Waals surface area contributed by atoms with E-state index < -0.39 is 0 Å². The molecule has 7 nitrogen and oxygen atoms in total. The number of phenols is 2. The second-order valence-corrected chi connectivity index (χ2v) is 9.50. The van der Waals surface area contributed by atoms with E-state index in [0.29, 0.717) is 28.0 Å². The molecule has 34 heavy (non-hydrogen) atoms. The number of aromatic hydroxyl groups is 2. The fourth-order valence-electron chi connectivity index (χ4n) is 3.75. The van der Waals surface area contributed by atoms with E-state index >= 15 is 0 Å². The molecular formula is C25H21N3O4S2. The Morgan fingerprint density at radius 2 is 1.76 bits per heavy atom. The predicted octanol–water partition coefficient (Wildman–Crippen LogP) is 5.68. The first kappa shape index (κ1) is 22.2. The van der Waals surface area contributed by atoms with Crippen molar-refractivity contribution in [1.29, 1.82) is 0 Å². The van der Waals surface area contributed by atoms with E-state index in [2.05, 4.69) is 9.89 Å². The van der Waals surface area contributed by atoms with E-state index in [0.717, 1.165) is 21.4 Å². The van der Waals surface area contributed by atoms with Gasteiger partial charge < -0.3 is 19.8 Å². The van der Waals surface area contributed by atoms with Crippen molar-refractivity contribution < 1.29 is 19.7 Å². The molecule has 2 aliphatic rings. The summed E-state index contributed by atoms with van der Waals surface area (Å²) in [7, 11) is 1.63. The van der Waals surface area contributed by atoms with Crippen LogP contribution in [-0.2, 0) is 4.79 Å². The minimum atomic E-state index is -0.199. The maximum Gasteiger partial charge on any atom is 0.274 e. The highest BCUT2D eigenvalue weighted by Crippen LogP contribution is 2.52. The lowest BCUT2D eigenvalue weighted by Crippen LogP contribution is -2.29. The van der Waals surface area contributed by atoms with Gasteiger partial charge in [-0.15, -0.1) is 0 Å². The van der Waals surface area contributed by atoms with Crippen LogP contribution in [0.15, 0.2) is 86.6 Å². The van der Waals surface area contributed by atoms with Gasteiger partial charge in [0.1, 0.15) is 27.2 Å². The number of carbonyl (C=O) groups is 1. The summed E-state index contributed by atoms with van der Waals surface area (Å²) < 4.78 is 5.40. The third-order valence-corrected chi connectivity index (χ3v) is 7.70. The van der Waals surface area contributed by atoms with Gasteiger partial charge in [-0.3, -0.25) is 9.69 Å². The molecular weight excluding hydrogens is 470 g/mol. The molecule has 0 unspecified atom stereocenters. The van der Waals surface area contributed by atoms with Crippen LogP contribution in [0.3, 0.4) is 0 Å². The first-order chi connectivity index (χ1) is 16.5. The summed E-state index contributed by atoms with van der Waals surface area (Å²) in [5.74, 6) is 0.765. The van der Waals surface area contributed by atoms with Gasteiger partial charge in [-0.05, 0) is 67.2 Å². The van der Waals surface area contributed by atoms with Gasteiger partial charge in [0.2, 0.25) is 0 Å². The van der Waals surface area contributed by atoms with Crippen molar-refractivity contribution >= 4 is 51.7 Å². The number of fused-ring (bicyclic) bond motifs is 1. The van der Waals surface area contributed by atoms with Gasteiger partial charge in [-0.2, -0.15) is 0 Å². The number of aliphatic imine (C=N–C) groups is 1. The standard InChI is InChI=1S/C25H21N3O4S2/c1-3-27-20-14-19(32-2)11-12-21(20)33-24(27)22-23(31)28(16-7-9-17(29)10-8-16)25(34-22)26-15-5-4-6-18(30)13-15/h4-14,29-30H,3H2,1-2H3/b24-22-,26-25?. The number of thioether (sulfide) groups is 2. The fraction of sp³-hybridized carbons (Fsp3) is 0.120. The molecule has 2 heterocycles. The molecule has 3 aromatic carbocycles. The minimum absolute atomic E-state index is 0.0961. The van der Waals surface area contributed by atoms with Crippen LogP contribution >= 0.6 is 23.5 Å². The number of anilines is 2. The Labute approximate surface area is 205 Å². The molecule has 0 bridgehead atoms. The van der Waals surface area contributed by atoms with Crippen LogP contribution in [0.25, 0.3) is 0 Å². The number of nitrogens with zero attached hydrogens (tertiary/aromatic N) is 3. The van der Waals surface area contributed by atoms with Gasteiger partial charge in [0.25, 0.3) is 5.91 Å². The number of ether oxygens (including phenoxy) is 1. The van der Waals surface area contributed by atoms with Gasteiger partial charge in [0.15, 0.2) is 5.17 Å². The van der Waals surface area contributed by atoms with Crippen molar-refractivity contribution in [3.8, 4) is 17.2 Å². The summed E-state index contributed by atoms with van der Waals surface area (Å²) in [4.78, 5) is 23.7. The fourth-order valence-corrected chi connectivity index (χ4v) is 6.13. The second-order valence-electron chi connectivity index (χ2n) is 7.49. The predicted molar refractivity (Wildman–Crippen MR) is 137 cm³/mol. The van der Waals surface area contributed by atoms with Crippen molar-refractivity contribution in [3.05, 3.63) is 76.7 Å². The molecule has 9 heteroatoms. The quantitative estimate of drug-likeness (QED) is 0.455. The first-order valence-corrected chi connectivity index (χ1v) is 12.2. The molecule has 0 aliphatic carbocycles. The molecule has 1 fully saturated rings. The summed E-state index contributed by atoms with van der Waals surface area (Å²) in [6, 6.07) is 18.9. The topological polar surface area (TPSA) is 85.6 Å². The summed E-state index contributed by atoms with van der Waals surface area (Å²) in [6.45, 7) is 2.72. The zero-order valence-corrected chi connectivity index (χ0v) is 20.1. The Bertz CT molecular complexity index is 1340. The summed E-state index contributed by atoms with van der Waals surface area (Å²) in [5, 5.41) is 20.9. The lowest BCUT2D eigenvalue weighted by molar-refractivity contribution is -0.113. The van der Waals surface area contributed by atoms with Crippen LogP contribution in [0.4, 0.5) is 17.1 Å². The zero-order chi connectivity index (χ0) is 23.8. The summed E-state index contributed by atoms with van der Waals surface area (Å²) in [6.07, 6.45) is 0. The number of amidine groups is 1. The van der Waals surface area contributed by atoms with E-state index in [-0.39, 0.29) is 17.4 Å². The first-order valence-electron chi connectivity index (χ1n) is 10.5. The minimum Gasteiger partial charge on any atom is -0.508 e. The second kappa shape index (κ2) is 9.00. The Morgan fingerprint density at radius 3 is 2.47 bits per heavy atom. The van der Waals surface area contributed by atoms with Crippen molar-refractivity contribution in [2.75, 3.05) is 23.5 Å². The van der Waals surface area contributed by atoms with Gasteiger partial charge in [0.05, 0.1) is 24.2 Å². The normalized spacial score (nSPS) is 18.6. The van der Waals surface area contributed by atoms with E-state index in [4.69, 9.17) is 4.74 Å². The monoisotopic (exact) mass is 491 g/mol. The number of hydrogen-bond donors (Lipinski definition) is 2. The SMILES string of the molecule is CCN1/C(=C2/SC(=Nc3cccc(O)c3)N(c3ccc(O)cc3)C2=O)Sc2ccc(OC)cc21. The molecule has 0 spiro atoms. The number of hydrogen-bond acceptors (Lipinski definition) is 8. The highest BCUT2D eigenvalue weighted by Gasteiger charge is 2.40. The van der Waals surface area contributed by atoms with Crippen molar-refractivity contribution in [2.24, 2.45) is 4.99 Å². The third-order valence-electron chi connectivity index (χ3n) is 5.36. The third kappa shape index (κ3) is 3.97. The van der Waals surface area contributed by atoms with Crippen LogP contribution in [0.2, 0.25) is 0 Å². The van der Waals surface area contributed by atoms with Crippen molar-refractivity contribution in [2.45, 2.75) is 11.8 Å². The number of methoxy groups -OCH3 is 1. The van der Waals surface area contributed by atoms with Crippen LogP contribution in [-0.4, -0.2) is 34.9 Å². The zero-order valence-electron chi connectivity index (χ0n) is 18.4. The molecule has 0 aromatic heterocycles. The van der Waals surface area contributed by atoms with E-state index in [9.17, 15) is 15.0 Å². The molecule has 1 amide bonds. The van der Waals surface area contributed by atoms with Crippen molar-refractivity contribution in [1.82, 2.24) is 0 Å².